The lowest BCUT2D eigenvalue weighted by Gasteiger charge is -2.23. The summed E-state index contributed by atoms with van der Waals surface area (Å²) >= 11 is 0. The van der Waals surface area contributed by atoms with Gasteiger partial charge in [-0.2, -0.15) is 4.99 Å². The fourth-order valence-corrected chi connectivity index (χ4v) is 2.41. The lowest BCUT2D eigenvalue weighted by Crippen LogP contribution is -2.19. The number of carbonyl (C=O) groups excluding carboxylic acids is 1. The molecule has 0 atom stereocenters. The van der Waals surface area contributed by atoms with Crippen molar-refractivity contribution in [1.82, 2.24) is 0 Å². The molecule has 0 heterocycles. The van der Waals surface area contributed by atoms with Crippen molar-refractivity contribution in [2.24, 2.45) is 4.99 Å². The number of nitrogens with zero attached hydrogens (tertiary/aromatic N) is 1. The van der Waals surface area contributed by atoms with Crippen LogP contribution in [-0.4, -0.2) is 11.2 Å². The first-order valence-electron chi connectivity index (χ1n) is 5.36. The molecule has 5 heteroatoms. The number of rotatable bonds is 2. The highest BCUT2D eigenvalue weighted by Gasteiger charge is 2.39. The number of aromatic hydroxyl groups is 1. The van der Waals surface area contributed by atoms with Gasteiger partial charge in [0.2, 0.25) is 6.08 Å². The van der Waals surface area contributed by atoms with Crippen LogP contribution in [0.2, 0.25) is 0 Å². The molecule has 90 valence electrons. The van der Waals surface area contributed by atoms with E-state index in [0.717, 1.165) is 18.9 Å². The third-order valence-corrected chi connectivity index (χ3v) is 3.22. The van der Waals surface area contributed by atoms with Gasteiger partial charge in [-0.05, 0) is 18.9 Å². The second-order valence-corrected chi connectivity index (χ2v) is 4.23. The average molecular weight is 239 g/mol. The summed E-state index contributed by atoms with van der Waals surface area (Å²) in [6.45, 7) is 0. The fourth-order valence-electron chi connectivity index (χ4n) is 2.41. The molecule has 0 bridgehead atoms. The zero-order valence-corrected chi connectivity index (χ0v) is 9.04. The molecule has 1 aliphatic carbocycles. The van der Waals surface area contributed by atoms with E-state index in [-0.39, 0.29) is 5.56 Å². The summed E-state index contributed by atoms with van der Waals surface area (Å²) in [5.74, 6) is -2.46. The minimum absolute atomic E-state index is 0.0378. The Bertz CT molecular complexity index is 490. The van der Waals surface area contributed by atoms with Crippen LogP contribution in [0.15, 0.2) is 17.1 Å². The largest absolute Gasteiger partial charge is 0.505 e. The summed E-state index contributed by atoms with van der Waals surface area (Å²) < 4.78 is 26.5. The Kier molecular flexibility index (Phi) is 2.94. The maximum absolute atomic E-state index is 13.3. The van der Waals surface area contributed by atoms with Gasteiger partial charge in [0.15, 0.2) is 11.6 Å². The number of phenols is 1. The molecule has 0 unspecified atom stereocenters. The van der Waals surface area contributed by atoms with E-state index in [1.807, 2.05) is 0 Å². The summed E-state index contributed by atoms with van der Waals surface area (Å²) in [7, 11) is 0. The Morgan fingerprint density at radius 1 is 1.29 bits per heavy atom. The standard InChI is InChI=1S/C12H11F2NO2/c13-8-5-9(11(17)10(14)6-8)12(15-7-16)3-1-2-4-12/h5-6,17H,1-4H2. The Morgan fingerprint density at radius 3 is 2.53 bits per heavy atom. The van der Waals surface area contributed by atoms with E-state index in [4.69, 9.17) is 0 Å². The van der Waals surface area contributed by atoms with E-state index in [1.54, 1.807) is 0 Å². The van der Waals surface area contributed by atoms with Crippen molar-refractivity contribution in [3.63, 3.8) is 0 Å². The van der Waals surface area contributed by atoms with Crippen molar-refractivity contribution in [2.75, 3.05) is 0 Å². The maximum atomic E-state index is 13.3. The molecule has 17 heavy (non-hydrogen) atoms. The number of halogens is 2. The van der Waals surface area contributed by atoms with Gasteiger partial charge in [-0.15, -0.1) is 0 Å². The van der Waals surface area contributed by atoms with Crippen molar-refractivity contribution in [1.29, 1.82) is 0 Å². The maximum Gasteiger partial charge on any atom is 0.235 e. The van der Waals surface area contributed by atoms with E-state index in [0.29, 0.717) is 18.9 Å². The van der Waals surface area contributed by atoms with Crippen LogP contribution in [-0.2, 0) is 10.3 Å². The second-order valence-electron chi connectivity index (χ2n) is 4.23. The molecular weight excluding hydrogens is 228 g/mol. The molecule has 0 radical (unpaired) electrons. The monoisotopic (exact) mass is 239 g/mol. The van der Waals surface area contributed by atoms with Gasteiger partial charge in [0.05, 0.1) is 0 Å². The molecule has 1 saturated carbocycles. The minimum atomic E-state index is -1.03. The normalized spacial score (nSPS) is 17.8. The number of phenolic OH excluding ortho intramolecular Hbond substituents is 1. The van der Waals surface area contributed by atoms with Crippen LogP contribution >= 0.6 is 0 Å². The Labute approximate surface area is 96.8 Å². The molecule has 1 fully saturated rings. The molecular formula is C12H11F2NO2. The molecule has 1 aromatic carbocycles. The van der Waals surface area contributed by atoms with Crippen molar-refractivity contribution in [3.05, 3.63) is 29.3 Å². The number of hydrogen-bond donors (Lipinski definition) is 1. The van der Waals surface area contributed by atoms with Crippen molar-refractivity contribution in [3.8, 4) is 5.75 Å². The molecule has 0 spiro atoms. The average Bonchev–Trinajstić information content (AvgIpc) is 2.73. The van der Waals surface area contributed by atoms with Crippen molar-refractivity contribution >= 4 is 6.08 Å². The van der Waals surface area contributed by atoms with Crippen LogP contribution in [0, 0.1) is 11.6 Å². The van der Waals surface area contributed by atoms with Crippen LogP contribution in [0.1, 0.15) is 31.2 Å². The highest BCUT2D eigenvalue weighted by molar-refractivity contribution is 5.44. The third-order valence-electron chi connectivity index (χ3n) is 3.22. The zero-order valence-electron chi connectivity index (χ0n) is 9.04. The lowest BCUT2D eigenvalue weighted by molar-refractivity contribution is 0.380. The molecule has 1 aromatic rings. The molecule has 3 nitrogen and oxygen atoms in total. The molecule has 1 N–H and O–H groups in total. The van der Waals surface area contributed by atoms with E-state index in [1.165, 1.54) is 6.08 Å². The van der Waals surface area contributed by atoms with Crippen LogP contribution < -0.4 is 0 Å². The van der Waals surface area contributed by atoms with Gasteiger partial charge in [0.25, 0.3) is 0 Å². The molecule has 0 aliphatic heterocycles. The van der Waals surface area contributed by atoms with Gasteiger partial charge in [-0.3, -0.25) is 0 Å². The summed E-state index contributed by atoms with van der Waals surface area (Å²) in [6.07, 6.45) is 3.99. The molecule has 0 saturated heterocycles. The van der Waals surface area contributed by atoms with E-state index in [9.17, 15) is 18.7 Å². The highest BCUT2D eigenvalue weighted by atomic mass is 19.1. The SMILES string of the molecule is O=C=NC1(c2cc(F)cc(F)c2O)CCCC1. The first-order chi connectivity index (χ1) is 8.09. The van der Waals surface area contributed by atoms with Gasteiger partial charge in [0, 0.05) is 11.6 Å². The molecule has 0 amide bonds. The molecule has 2 rings (SSSR count). The van der Waals surface area contributed by atoms with E-state index < -0.39 is 22.9 Å². The summed E-state index contributed by atoms with van der Waals surface area (Å²) in [5, 5.41) is 9.64. The first-order valence-corrected chi connectivity index (χ1v) is 5.36. The smallest absolute Gasteiger partial charge is 0.235 e. The summed E-state index contributed by atoms with van der Waals surface area (Å²) in [4.78, 5) is 14.1. The fraction of sp³-hybridized carbons (Fsp3) is 0.417. The first kappa shape index (κ1) is 11.7. The minimum Gasteiger partial charge on any atom is -0.505 e. The predicted molar refractivity (Wildman–Crippen MR) is 56.3 cm³/mol. The quantitative estimate of drug-likeness (QED) is 0.637. The molecule has 1 aliphatic rings. The zero-order chi connectivity index (χ0) is 12.5. The number of benzene rings is 1. The Hall–Kier alpha value is -1.74. The van der Waals surface area contributed by atoms with E-state index in [2.05, 4.69) is 4.99 Å². The summed E-state index contributed by atoms with van der Waals surface area (Å²) in [6, 6.07) is 1.64. The lowest BCUT2D eigenvalue weighted by atomic mass is 9.88. The van der Waals surface area contributed by atoms with Crippen LogP contribution in [0.25, 0.3) is 0 Å². The van der Waals surface area contributed by atoms with Crippen molar-refractivity contribution in [2.45, 2.75) is 31.2 Å². The number of aliphatic imine (C=N–C) groups is 1. The predicted octanol–water partition coefficient (Wildman–Crippen LogP) is 2.78. The van der Waals surface area contributed by atoms with Gasteiger partial charge in [0.1, 0.15) is 11.4 Å². The number of isocyanates is 1. The molecule has 0 aromatic heterocycles. The van der Waals surface area contributed by atoms with Crippen molar-refractivity contribution < 1.29 is 18.7 Å². The third kappa shape index (κ3) is 1.94. The second kappa shape index (κ2) is 4.26. The van der Waals surface area contributed by atoms with E-state index >= 15 is 0 Å². The van der Waals surface area contributed by atoms with Crippen LogP contribution in [0.5, 0.6) is 5.75 Å². The van der Waals surface area contributed by atoms with Gasteiger partial charge in [-0.25, -0.2) is 13.6 Å². The van der Waals surface area contributed by atoms with Gasteiger partial charge >= 0.3 is 0 Å². The van der Waals surface area contributed by atoms with Crippen LogP contribution in [0.4, 0.5) is 8.78 Å². The Morgan fingerprint density at radius 2 is 1.94 bits per heavy atom. The van der Waals surface area contributed by atoms with Gasteiger partial charge in [-0.1, -0.05) is 12.8 Å². The summed E-state index contributed by atoms with van der Waals surface area (Å²) in [5.41, 5.74) is -0.981. The topological polar surface area (TPSA) is 49.7 Å². The number of hydrogen-bond acceptors (Lipinski definition) is 3. The van der Waals surface area contributed by atoms with Gasteiger partial charge < -0.3 is 5.11 Å². The van der Waals surface area contributed by atoms with Crippen LogP contribution in [0.3, 0.4) is 0 Å². The Balaban J connectivity index is 2.61. The highest BCUT2D eigenvalue weighted by Crippen LogP contribution is 2.46.